The second-order valence-electron chi connectivity index (χ2n) is 22.9. The van der Waals surface area contributed by atoms with Gasteiger partial charge in [-0.25, -0.2) is 4.98 Å². The topological polar surface area (TPSA) is 272 Å². The molecule has 0 aromatic carbocycles. The Labute approximate surface area is 518 Å². The first-order chi connectivity index (χ1) is 39.1. The van der Waals surface area contributed by atoms with E-state index in [1.54, 1.807) is 45.4 Å². The van der Waals surface area contributed by atoms with Crippen molar-refractivity contribution in [1.29, 1.82) is 10.5 Å². The van der Waals surface area contributed by atoms with E-state index >= 15 is 0 Å². The van der Waals surface area contributed by atoms with Crippen molar-refractivity contribution in [3.63, 3.8) is 0 Å². The molecule has 7 heterocycles. The highest BCUT2D eigenvalue weighted by Crippen LogP contribution is 2.31. The number of ether oxygens (including phenoxy) is 8. The van der Waals surface area contributed by atoms with Gasteiger partial charge in [-0.2, -0.15) is 10.5 Å². The van der Waals surface area contributed by atoms with Crippen LogP contribution in [0.1, 0.15) is 98.2 Å². The van der Waals surface area contributed by atoms with Crippen LogP contribution < -0.4 is 10.9 Å². The van der Waals surface area contributed by atoms with Crippen molar-refractivity contribution in [1.82, 2.24) is 24.8 Å². The normalized spacial score (nSPS) is 17.7. The third-order valence-electron chi connectivity index (χ3n) is 12.5. The number of hydrogen-bond acceptors (Lipinski definition) is 20. The number of carbonyl (C=O) groups is 1. The van der Waals surface area contributed by atoms with Gasteiger partial charge < -0.3 is 58.5 Å². The Morgan fingerprint density at radius 1 is 0.747 bits per heavy atom. The summed E-state index contributed by atoms with van der Waals surface area (Å²) in [6.07, 6.45) is 3.79. The number of rotatable bonds is 15. The number of halogens is 2. The predicted molar refractivity (Wildman–Crippen MR) is 332 cm³/mol. The molecule has 0 radical (unpaired) electrons. The summed E-state index contributed by atoms with van der Waals surface area (Å²) in [5.41, 5.74) is 4.22. The lowest BCUT2D eigenvalue weighted by molar-refractivity contribution is -0.265. The highest BCUT2D eigenvalue weighted by atomic mass is 79.9. The second-order valence-corrected chi connectivity index (χ2v) is 25.7. The van der Waals surface area contributed by atoms with Crippen LogP contribution in [0.5, 0.6) is 0 Å². The van der Waals surface area contributed by atoms with Crippen molar-refractivity contribution in [3.05, 3.63) is 75.1 Å². The number of pyridine rings is 2. The predicted octanol–water partition coefficient (Wildman–Crippen LogP) is 8.03. The summed E-state index contributed by atoms with van der Waals surface area (Å²) in [5, 5.41) is 49.4. The van der Waals surface area contributed by atoms with Crippen LogP contribution in [0.3, 0.4) is 0 Å². The van der Waals surface area contributed by atoms with Crippen LogP contribution in [0.25, 0.3) is 16.8 Å². The van der Waals surface area contributed by atoms with Gasteiger partial charge in [-0.3, -0.25) is 24.1 Å². The van der Waals surface area contributed by atoms with Crippen LogP contribution in [0.2, 0.25) is 0 Å². The lowest BCUT2D eigenvalue weighted by Crippen LogP contribution is -2.40. The number of hydrogen-bond donors (Lipinski definition) is 4. The molecule has 0 aliphatic carbocycles. The number of aliphatic hydroxyl groups is 3. The zero-order valence-electron chi connectivity index (χ0n) is 50.8. The van der Waals surface area contributed by atoms with Crippen molar-refractivity contribution in [3.8, 4) is 23.4 Å². The van der Waals surface area contributed by atoms with Gasteiger partial charge in [-0.1, -0.05) is 103 Å². The molecule has 20 nitrogen and oxygen atoms in total. The Kier molecular flexibility index (Phi) is 34.3. The molecule has 0 saturated carbocycles. The summed E-state index contributed by atoms with van der Waals surface area (Å²) in [5.74, 6) is 0.852. The monoisotopic (exact) mass is 1330 g/mol. The van der Waals surface area contributed by atoms with E-state index in [0.29, 0.717) is 78.2 Å². The fourth-order valence-electron chi connectivity index (χ4n) is 7.59. The van der Waals surface area contributed by atoms with Crippen LogP contribution in [0, 0.1) is 52.3 Å². The molecule has 4 aliphatic heterocycles. The number of nitriles is 2. The van der Waals surface area contributed by atoms with E-state index in [1.807, 2.05) is 64.1 Å². The lowest BCUT2D eigenvalue weighted by atomic mass is 9.90. The van der Waals surface area contributed by atoms with Crippen LogP contribution >= 0.6 is 55.8 Å². The van der Waals surface area contributed by atoms with Gasteiger partial charge in [0.25, 0.3) is 11.5 Å². The van der Waals surface area contributed by atoms with Gasteiger partial charge in [-0.15, -0.1) is 0 Å². The van der Waals surface area contributed by atoms with Crippen LogP contribution in [-0.2, 0) is 60.1 Å². The Balaban J connectivity index is 0.000000364. The molecule has 83 heavy (non-hydrogen) atoms. The highest BCUT2D eigenvalue weighted by molar-refractivity contribution is 9.09. The van der Waals surface area contributed by atoms with E-state index < -0.39 is 17.5 Å². The summed E-state index contributed by atoms with van der Waals surface area (Å²) >= 11 is 13.3. The molecule has 4 N–H and O–H groups in total. The zero-order chi connectivity index (χ0) is 62.6. The molecule has 7 rings (SSSR count). The molecule has 3 aromatic heterocycles. The number of thiocarbonyl (C=S) groups is 1. The van der Waals surface area contributed by atoms with Gasteiger partial charge in [0, 0.05) is 128 Å². The van der Waals surface area contributed by atoms with Crippen LogP contribution in [-0.4, -0.2) is 175 Å². The molecule has 2 saturated heterocycles. The Morgan fingerprint density at radius 3 is 1.61 bits per heavy atom. The minimum Gasteiger partial charge on any atom is -0.396 e. The molecule has 1 unspecified atom stereocenters. The molecule has 0 spiro atoms. The molecule has 464 valence electrons. The van der Waals surface area contributed by atoms with E-state index in [-0.39, 0.29) is 65.1 Å². The Bertz CT molecular complexity index is 2580. The summed E-state index contributed by atoms with van der Waals surface area (Å²) < 4.78 is 42.8. The number of amides is 1. The van der Waals surface area contributed by atoms with Crippen molar-refractivity contribution >= 4 is 72.3 Å². The molecular formula is C59H89Br2N7O13S2. The molecule has 4 aliphatic rings. The quantitative estimate of drug-likeness (QED) is 0.0637. The number of aliphatic hydroxyl groups excluding tert-OH is 3. The van der Waals surface area contributed by atoms with Gasteiger partial charge in [0.1, 0.15) is 23.3 Å². The van der Waals surface area contributed by atoms with Crippen molar-refractivity contribution in [2.24, 2.45) is 29.6 Å². The number of methoxy groups -OCH3 is 4. The Morgan fingerprint density at radius 2 is 1.23 bits per heavy atom. The van der Waals surface area contributed by atoms with Crippen LogP contribution in [0.15, 0.2) is 52.2 Å². The third kappa shape index (κ3) is 26.5. The zero-order valence-corrected chi connectivity index (χ0v) is 55.6. The first-order valence-corrected chi connectivity index (χ1v) is 30.8. The van der Waals surface area contributed by atoms with E-state index in [4.69, 9.17) is 66.0 Å². The van der Waals surface area contributed by atoms with E-state index in [9.17, 15) is 14.9 Å². The minimum atomic E-state index is -0.453. The van der Waals surface area contributed by atoms with Gasteiger partial charge >= 0.3 is 0 Å². The number of nitrogens with one attached hydrogen (secondary N) is 1. The van der Waals surface area contributed by atoms with E-state index in [0.717, 1.165) is 59.8 Å². The highest BCUT2D eigenvalue weighted by Gasteiger charge is 2.30. The molecule has 24 heteroatoms. The van der Waals surface area contributed by atoms with Crippen molar-refractivity contribution in [2.75, 3.05) is 118 Å². The maximum atomic E-state index is 12.8. The molecule has 2 fully saturated rings. The molecule has 1 amide bonds. The number of alkyl halides is 2. The lowest BCUT2D eigenvalue weighted by Gasteiger charge is -2.34. The average Bonchev–Trinajstić information content (AvgIpc) is 3.48. The summed E-state index contributed by atoms with van der Waals surface area (Å²) in [6.45, 7) is 26.0. The second kappa shape index (κ2) is 37.8. The largest absolute Gasteiger partial charge is 0.396 e. The average molecular weight is 1330 g/mol. The van der Waals surface area contributed by atoms with Gasteiger partial charge in [0.15, 0.2) is 16.7 Å². The maximum Gasteiger partial charge on any atom is 0.272 e. The van der Waals surface area contributed by atoms with Crippen molar-refractivity contribution < 1.29 is 58.0 Å². The van der Waals surface area contributed by atoms with Crippen molar-refractivity contribution in [2.45, 2.75) is 110 Å². The number of nitrogens with zero attached hydrogens (tertiary/aromatic N) is 6. The number of aromatic nitrogens is 4. The third-order valence-corrected chi connectivity index (χ3v) is 15.8. The number of thioether (sulfide) groups is 1. The fourth-order valence-corrected chi connectivity index (χ4v) is 10.3. The minimum absolute atomic E-state index is 0.00958. The van der Waals surface area contributed by atoms with Gasteiger partial charge in [0.2, 0.25) is 0 Å². The first kappa shape index (κ1) is 75.4. The molecule has 0 bridgehead atoms. The van der Waals surface area contributed by atoms with Gasteiger partial charge in [0.05, 0.1) is 83.4 Å². The Hall–Kier alpha value is -3.67. The standard InChI is InChI=1S/C19H22N4O2S.C15H15N3OS.C8H16O3.C7H14O3.C5H10Br2O.C5H12O3/c1-19(2,3)15-6-5-13(8-21-15)16-14(7-20)17(24)23-9-12(10-25-4)11-26-18(23)22-16;1-15(2,3)12-5-4-9(8-17-12)10-6-13(20)18-14(19)11(10)7-16;1-8(2)10-5-7(4-9-3)6-11-8;1-7(2)9-4-6(3-8)5-10-7;2*1-8-4-5(2-6)3-7/h5-6,8,12H,9-11H2,1-4H3;4-5,8H,6H2,1-3H3,(H,18,19,20);7H,4-6H2,1-3H3;6,8H,3-5H2,1-2H3;5H,2-4H2,1H3;5-7H,2-4H2,1H3. The summed E-state index contributed by atoms with van der Waals surface area (Å²) in [7, 11) is 6.61. The fraction of sp³-hybridized carbons (Fsp3) is 0.661. The van der Waals surface area contributed by atoms with Crippen LogP contribution in [0.4, 0.5) is 0 Å². The number of carbonyl (C=O) groups excluding carboxylic acids is 1. The number of fused-ring (bicyclic) bond motifs is 1. The summed E-state index contributed by atoms with van der Waals surface area (Å²) in [6, 6.07) is 11.6. The molecule has 3 aromatic rings. The van der Waals surface area contributed by atoms with E-state index in [1.165, 1.54) is 11.8 Å². The van der Waals surface area contributed by atoms with E-state index in [2.05, 4.69) is 98.4 Å². The first-order valence-electron chi connectivity index (χ1n) is 27.2. The smallest absolute Gasteiger partial charge is 0.272 e. The summed E-state index contributed by atoms with van der Waals surface area (Å²) in [4.78, 5) is 38.6. The van der Waals surface area contributed by atoms with Gasteiger partial charge in [-0.05, 0) is 57.0 Å². The SMILES string of the molecule is CC(C)(C)c1ccc(C2=C(C#N)C(=O)NC(=S)C2)cn1.CC1(C)OCC(CO)CO1.COCC(CBr)CBr.COCC(CO)CO.COCC1COC(C)(C)OC1.COCC1CSc2nc(-c3ccc(C(C)(C)C)nc3)c(C#N)c(=O)n2C1. The molecule has 1 atom stereocenters. The maximum absolute atomic E-state index is 12.8. The molecular weight excluding hydrogens is 1240 g/mol.